The van der Waals surface area contributed by atoms with Crippen LogP contribution in [0, 0.1) is 11.6 Å². The Kier molecular flexibility index (Phi) is 4.55. The number of nitrogens with zero attached hydrogens (tertiary/aromatic N) is 1. The van der Waals surface area contributed by atoms with E-state index >= 15 is 0 Å². The summed E-state index contributed by atoms with van der Waals surface area (Å²) in [5.41, 5.74) is 5.10. The van der Waals surface area contributed by atoms with Crippen molar-refractivity contribution in [3.8, 4) is 0 Å². The van der Waals surface area contributed by atoms with Crippen LogP contribution in [-0.4, -0.2) is 28.4 Å². The summed E-state index contributed by atoms with van der Waals surface area (Å²) in [6.45, 7) is 0.308. The molecule has 2 N–H and O–H groups in total. The Labute approximate surface area is 125 Å². The Morgan fingerprint density at radius 1 is 1.40 bits per heavy atom. The number of hydrogen-bond acceptors (Lipinski definition) is 2. The highest BCUT2D eigenvalue weighted by atomic mass is 35.5. The van der Waals surface area contributed by atoms with Crippen LogP contribution in [0.5, 0.6) is 0 Å². The Morgan fingerprint density at radius 3 is 2.60 bits per heavy atom. The molecule has 1 aromatic rings. The van der Waals surface area contributed by atoms with Gasteiger partial charge in [-0.1, -0.05) is 23.8 Å². The lowest BCUT2D eigenvalue weighted by molar-refractivity contribution is 0.0742. The molecule has 0 unspecified atom stereocenters. The van der Waals surface area contributed by atoms with Crippen molar-refractivity contribution < 1.29 is 13.6 Å². The van der Waals surface area contributed by atoms with Gasteiger partial charge in [0, 0.05) is 19.0 Å². The zero-order chi connectivity index (χ0) is 14.9. The highest BCUT2D eigenvalue weighted by Gasteiger charge is 2.34. The number of hydrogen-bond donors (Lipinski definition) is 1. The number of carbonyl (C=O) groups is 1. The molecule has 1 saturated carbocycles. The third-order valence-corrected chi connectivity index (χ3v) is 3.58. The molecule has 0 saturated heterocycles. The molecule has 1 aromatic carbocycles. The number of nitrogens with two attached hydrogens (primary N) is 1. The molecule has 0 aliphatic heterocycles. The van der Waals surface area contributed by atoms with Gasteiger partial charge < -0.3 is 10.6 Å². The van der Waals surface area contributed by atoms with Crippen molar-refractivity contribution in [3.05, 3.63) is 34.4 Å². The van der Waals surface area contributed by atoms with Crippen molar-refractivity contribution >= 4 is 34.7 Å². The van der Waals surface area contributed by atoms with E-state index in [1.807, 2.05) is 0 Å². The van der Waals surface area contributed by atoms with Crippen molar-refractivity contribution in [1.29, 1.82) is 0 Å². The third kappa shape index (κ3) is 3.43. The van der Waals surface area contributed by atoms with Crippen molar-refractivity contribution in [2.75, 3.05) is 6.54 Å². The van der Waals surface area contributed by atoms with E-state index in [0.29, 0.717) is 13.0 Å². The van der Waals surface area contributed by atoms with E-state index in [4.69, 9.17) is 29.6 Å². The Morgan fingerprint density at radius 2 is 2.05 bits per heavy atom. The van der Waals surface area contributed by atoms with Gasteiger partial charge >= 0.3 is 0 Å². The van der Waals surface area contributed by atoms with Crippen molar-refractivity contribution in [2.24, 2.45) is 5.73 Å². The first kappa shape index (κ1) is 15.1. The standard InChI is InChI=1S/C13H13ClF2N2OS/c14-9-6-10(15)8(5-11(9)16)13(19)18(7-1-2-7)4-3-12(17)20/h5-7H,1-4H2,(H2,17,20). The lowest BCUT2D eigenvalue weighted by atomic mass is 10.1. The summed E-state index contributed by atoms with van der Waals surface area (Å²) in [6.07, 6.45) is 2.05. The van der Waals surface area contributed by atoms with E-state index < -0.39 is 17.5 Å². The molecular weight excluding hydrogens is 306 g/mol. The molecule has 20 heavy (non-hydrogen) atoms. The fourth-order valence-corrected chi connectivity index (χ4v) is 2.15. The fourth-order valence-electron chi connectivity index (χ4n) is 1.91. The summed E-state index contributed by atoms with van der Waals surface area (Å²) < 4.78 is 27.2. The second kappa shape index (κ2) is 6.01. The van der Waals surface area contributed by atoms with Crippen LogP contribution in [0.15, 0.2) is 12.1 Å². The SMILES string of the molecule is NC(=S)CCN(C(=O)c1cc(F)c(Cl)cc1F)C1CC1. The van der Waals surface area contributed by atoms with Gasteiger partial charge in [-0.05, 0) is 25.0 Å². The number of carbonyl (C=O) groups excluding carboxylic acids is 1. The molecule has 1 amide bonds. The van der Waals surface area contributed by atoms with Gasteiger partial charge in [0.1, 0.15) is 11.6 Å². The molecule has 1 aliphatic rings. The molecule has 2 rings (SSSR count). The fraction of sp³-hybridized carbons (Fsp3) is 0.385. The first-order valence-corrected chi connectivity index (χ1v) is 6.92. The minimum Gasteiger partial charge on any atom is -0.393 e. The molecule has 0 radical (unpaired) electrons. The monoisotopic (exact) mass is 318 g/mol. The number of amides is 1. The Balaban J connectivity index is 2.23. The number of benzene rings is 1. The first-order chi connectivity index (χ1) is 9.40. The molecule has 0 heterocycles. The van der Waals surface area contributed by atoms with Crippen LogP contribution >= 0.6 is 23.8 Å². The maximum atomic E-state index is 13.8. The van der Waals surface area contributed by atoms with Crippen LogP contribution in [0.1, 0.15) is 29.6 Å². The summed E-state index contributed by atoms with van der Waals surface area (Å²) in [7, 11) is 0. The van der Waals surface area contributed by atoms with Crippen LogP contribution in [0.2, 0.25) is 5.02 Å². The smallest absolute Gasteiger partial charge is 0.257 e. The molecule has 3 nitrogen and oxygen atoms in total. The minimum atomic E-state index is -0.831. The zero-order valence-electron chi connectivity index (χ0n) is 10.5. The second-order valence-corrected chi connectivity index (χ2v) is 5.62. The largest absolute Gasteiger partial charge is 0.393 e. The van der Waals surface area contributed by atoms with Crippen LogP contribution in [0.25, 0.3) is 0 Å². The average Bonchev–Trinajstić information content (AvgIpc) is 3.18. The van der Waals surface area contributed by atoms with Gasteiger partial charge in [0.15, 0.2) is 0 Å². The molecule has 7 heteroatoms. The first-order valence-electron chi connectivity index (χ1n) is 6.14. The summed E-state index contributed by atoms with van der Waals surface area (Å²) in [6, 6.07) is 1.69. The van der Waals surface area contributed by atoms with Crippen LogP contribution in [0.4, 0.5) is 8.78 Å². The highest BCUT2D eigenvalue weighted by Crippen LogP contribution is 2.29. The van der Waals surface area contributed by atoms with Gasteiger partial charge in [-0.25, -0.2) is 8.78 Å². The van der Waals surface area contributed by atoms with Gasteiger partial charge in [0.2, 0.25) is 0 Å². The normalized spacial score (nSPS) is 14.2. The van der Waals surface area contributed by atoms with Gasteiger partial charge in [-0.3, -0.25) is 4.79 Å². The lowest BCUT2D eigenvalue weighted by Crippen LogP contribution is -2.36. The van der Waals surface area contributed by atoms with E-state index in [-0.39, 0.29) is 21.6 Å². The molecule has 0 aromatic heterocycles. The number of thiocarbonyl (C=S) groups is 1. The highest BCUT2D eigenvalue weighted by molar-refractivity contribution is 7.80. The van der Waals surface area contributed by atoms with Crippen molar-refractivity contribution in [2.45, 2.75) is 25.3 Å². The molecule has 0 bridgehead atoms. The van der Waals surface area contributed by atoms with E-state index in [9.17, 15) is 13.6 Å². The van der Waals surface area contributed by atoms with Crippen molar-refractivity contribution in [3.63, 3.8) is 0 Å². The van der Waals surface area contributed by atoms with E-state index in [1.54, 1.807) is 0 Å². The van der Waals surface area contributed by atoms with Gasteiger partial charge in [-0.15, -0.1) is 0 Å². The molecule has 0 atom stereocenters. The Bertz CT molecular complexity index is 564. The lowest BCUT2D eigenvalue weighted by Gasteiger charge is -2.22. The predicted octanol–water partition coefficient (Wildman–Crippen LogP) is 2.90. The molecule has 1 aliphatic carbocycles. The number of rotatable bonds is 5. The van der Waals surface area contributed by atoms with E-state index in [1.165, 1.54) is 4.90 Å². The summed E-state index contributed by atoms with van der Waals surface area (Å²) in [5, 5.41) is -0.347. The molecule has 108 valence electrons. The van der Waals surface area contributed by atoms with Crippen LogP contribution < -0.4 is 5.73 Å². The maximum Gasteiger partial charge on any atom is 0.257 e. The second-order valence-electron chi connectivity index (χ2n) is 4.69. The van der Waals surface area contributed by atoms with Gasteiger partial charge in [0.25, 0.3) is 5.91 Å². The summed E-state index contributed by atoms with van der Waals surface area (Å²) in [4.78, 5) is 14.1. The topological polar surface area (TPSA) is 46.3 Å². The van der Waals surface area contributed by atoms with Gasteiger partial charge in [-0.2, -0.15) is 0 Å². The minimum absolute atomic E-state index is 0.0509. The third-order valence-electron chi connectivity index (χ3n) is 3.09. The van der Waals surface area contributed by atoms with Crippen LogP contribution in [0.3, 0.4) is 0 Å². The zero-order valence-corrected chi connectivity index (χ0v) is 12.1. The average molecular weight is 319 g/mol. The summed E-state index contributed by atoms with van der Waals surface area (Å²) in [5.74, 6) is -2.21. The van der Waals surface area contributed by atoms with Gasteiger partial charge in [0.05, 0.1) is 15.6 Å². The molecule has 0 spiro atoms. The molecular formula is C13H13ClF2N2OS. The summed E-state index contributed by atoms with van der Waals surface area (Å²) >= 11 is 10.3. The van der Waals surface area contributed by atoms with Crippen LogP contribution in [-0.2, 0) is 0 Å². The molecule has 1 fully saturated rings. The van der Waals surface area contributed by atoms with E-state index in [0.717, 1.165) is 25.0 Å². The Hall–Kier alpha value is -1.27. The maximum absolute atomic E-state index is 13.8. The van der Waals surface area contributed by atoms with E-state index in [2.05, 4.69) is 0 Å². The quantitative estimate of drug-likeness (QED) is 0.671. The number of halogens is 3. The van der Waals surface area contributed by atoms with Crippen molar-refractivity contribution in [1.82, 2.24) is 4.90 Å². The predicted molar refractivity (Wildman–Crippen MR) is 76.8 cm³/mol.